The molecule has 116 valence electrons. The number of halogens is 1. The van der Waals surface area contributed by atoms with E-state index < -0.39 is 10.0 Å². The lowest BCUT2D eigenvalue weighted by molar-refractivity contribution is 0.171. The summed E-state index contributed by atoms with van der Waals surface area (Å²) >= 11 is 5.90. The molecule has 1 aromatic carbocycles. The number of rotatable bonds is 4. The molecule has 0 bridgehead atoms. The molecule has 1 fully saturated rings. The van der Waals surface area contributed by atoms with E-state index in [2.05, 4.69) is 4.72 Å². The molecule has 0 spiro atoms. The Hall–Kier alpha value is -0.980. The molecule has 0 saturated heterocycles. The molecule has 2 atom stereocenters. The average Bonchev–Trinajstić information content (AvgIpc) is 2.93. The van der Waals surface area contributed by atoms with Gasteiger partial charge in [0, 0.05) is 18.0 Å². The van der Waals surface area contributed by atoms with Crippen LogP contribution in [-0.2, 0) is 10.0 Å². The molecular weight excluding hydrogens is 314 g/mol. The number of benzene rings is 1. The zero-order valence-corrected chi connectivity index (χ0v) is 13.1. The molecule has 1 saturated carbocycles. The van der Waals surface area contributed by atoms with Crippen LogP contribution in [0.15, 0.2) is 23.1 Å². The Morgan fingerprint density at radius 1 is 1.19 bits per heavy atom. The summed E-state index contributed by atoms with van der Waals surface area (Å²) in [6, 6.07) is 4.61. The summed E-state index contributed by atoms with van der Waals surface area (Å²) in [5, 5.41) is 0. The maximum atomic E-state index is 12.5. The van der Waals surface area contributed by atoms with Gasteiger partial charge in [0.05, 0.1) is 4.90 Å². The fourth-order valence-electron chi connectivity index (χ4n) is 2.83. The maximum absolute atomic E-state index is 12.5. The zero-order valence-electron chi connectivity index (χ0n) is 11.5. The van der Waals surface area contributed by atoms with Crippen molar-refractivity contribution in [2.24, 2.45) is 5.92 Å². The highest BCUT2D eigenvalue weighted by molar-refractivity contribution is 7.89. The van der Waals surface area contributed by atoms with Crippen molar-refractivity contribution in [1.82, 2.24) is 4.72 Å². The van der Waals surface area contributed by atoms with E-state index in [1.165, 1.54) is 6.07 Å². The third kappa shape index (κ3) is 3.12. The highest BCUT2D eigenvalue weighted by atomic mass is 35.5. The highest BCUT2D eigenvalue weighted by Crippen LogP contribution is 2.33. The van der Waals surface area contributed by atoms with Gasteiger partial charge in [0.25, 0.3) is 0 Å². The van der Waals surface area contributed by atoms with Gasteiger partial charge in [0.15, 0.2) is 11.5 Å². The van der Waals surface area contributed by atoms with Crippen LogP contribution in [0.4, 0.5) is 0 Å². The second kappa shape index (κ2) is 6.02. The van der Waals surface area contributed by atoms with E-state index in [0.717, 1.165) is 19.3 Å². The summed E-state index contributed by atoms with van der Waals surface area (Å²) in [5.74, 6) is 1.75. The topological polar surface area (TPSA) is 64.6 Å². The molecular formula is C14H18ClNO4S. The summed E-state index contributed by atoms with van der Waals surface area (Å²) in [4.78, 5) is 0.201. The Labute approximate surface area is 129 Å². The molecule has 0 aromatic heterocycles. The second-order valence-corrected chi connectivity index (χ2v) is 7.40. The number of nitrogens with one attached hydrogen (secondary N) is 1. The Balaban J connectivity index is 1.81. The maximum Gasteiger partial charge on any atom is 0.240 e. The Morgan fingerprint density at radius 2 is 1.95 bits per heavy atom. The Kier molecular flexibility index (Phi) is 4.28. The van der Waals surface area contributed by atoms with Crippen LogP contribution < -0.4 is 14.2 Å². The molecule has 2 aliphatic rings. The van der Waals surface area contributed by atoms with E-state index in [1.807, 2.05) is 0 Å². The summed E-state index contributed by atoms with van der Waals surface area (Å²) in [6.07, 6.45) is 2.81. The standard InChI is InChI=1S/C14H18ClNO4S/c15-9-10-2-1-3-12(10)16-21(17,18)11-4-5-13-14(8-11)20-7-6-19-13/h4-5,8,10,12,16H,1-3,6-7,9H2. The number of sulfonamides is 1. The molecule has 21 heavy (non-hydrogen) atoms. The molecule has 1 aromatic rings. The van der Waals surface area contributed by atoms with E-state index in [0.29, 0.717) is 30.6 Å². The van der Waals surface area contributed by atoms with E-state index in [-0.39, 0.29) is 16.9 Å². The van der Waals surface area contributed by atoms with E-state index in [4.69, 9.17) is 21.1 Å². The number of hydrogen-bond acceptors (Lipinski definition) is 4. The lowest BCUT2D eigenvalue weighted by atomic mass is 10.1. The Bertz CT molecular complexity index is 619. The van der Waals surface area contributed by atoms with E-state index in [9.17, 15) is 8.42 Å². The normalized spacial score (nSPS) is 25.0. The third-order valence-corrected chi connectivity index (χ3v) is 5.87. The molecule has 7 heteroatoms. The van der Waals surface area contributed by atoms with Crippen LogP contribution >= 0.6 is 11.6 Å². The van der Waals surface area contributed by atoms with Crippen LogP contribution in [-0.4, -0.2) is 33.6 Å². The third-order valence-electron chi connectivity index (χ3n) is 3.99. The van der Waals surface area contributed by atoms with Gasteiger partial charge in [-0.05, 0) is 30.9 Å². The molecule has 3 rings (SSSR count). The first kappa shape index (κ1) is 14.9. The average molecular weight is 332 g/mol. The van der Waals surface area contributed by atoms with Gasteiger partial charge in [-0.2, -0.15) is 0 Å². The van der Waals surface area contributed by atoms with Gasteiger partial charge < -0.3 is 9.47 Å². The molecule has 5 nitrogen and oxygen atoms in total. The van der Waals surface area contributed by atoms with Crippen molar-refractivity contribution in [2.45, 2.75) is 30.2 Å². The van der Waals surface area contributed by atoms with E-state index >= 15 is 0 Å². The van der Waals surface area contributed by atoms with Crippen LogP contribution in [0.2, 0.25) is 0 Å². The van der Waals surface area contributed by atoms with E-state index in [1.54, 1.807) is 12.1 Å². The molecule has 1 N–H and O–H groups in total. The number of ether oxygens (including phenoxy) is 2. The fourth-order valence-corrected chi connectivity index (χ4v) is 4.56. The van der Waals surface area contributed by atoms with Gasteiger partial charge in [0.2, 0.25) is 10.0 Å². The fraction of sp³-hybridized carbons (Fsp3) is 0.571. The molecule has 1 aliphatic heterocycles. The van der Waals surface area contributed by atoms with Crippen molar-refractivity contribution in [2.75, 3.05) is 19.1 Å². The summed E-state index contributed by atoms with van der Waals surface area (Å²) in [5.41, 5.74) is 0. The minimum Gasteiger partial charge on any atom is -0.486 e. The van der Waals surface area contributed by atoms with Crippen molar-refractivity contribution < 1.29 is 17.9 Å². The molecule has 0 amide bonds. The highest BCUT2D eigenvalue weighted by Gasteiger charge is 2.31. The first-order valence-electron chi connectivity index (χ1n) is 7.08. The van der Waals surface area contributed by atoms with Gasteiger partial charge in [-0.1, -0.05) is 6.42 Å². The minimum absolute atomic E-state index is 0.0827. The summed E-state index contributed by atoms with van der Waals surface area (Å²) in [7, 11) is -3.56. The van der Waals surface area contributed by atoms with Crippen molar-refractivity contribution >= 4 is 21.6 Å². The van der Waals surface area contributed by atoms with Crippen molar-refractivity contribution in [3.05, 3.63) is 18.2 Å². The van der Waals surface area contributed by atoms with Crippen molar-refractivity contribution in [3.63, 3.8) is 0 Å². The quantitative estimate of drug-likeness (QED) is 0.859. The summed E-state index contributed by atoms with van der Waals surface area (Å²) < 4.78 is 38.6. The van der Waals surface area contributed by atoms with Crippen LogP contribution in [0.5, 0.6) is 11.5 Å². The van der Waals surface area contributed by atoms with Crippen LogP contribution in [0, 0.1) is 5.92 Å². The summed E-state index contributed by atoms with van der Waals surface area (Å²) in [6.45, 7) is 0.914. The smallest absolute Gasteiger partial charge is 0.240 e. The first-order chi connectivity index (χ1) is 10.1. The molecule has 0 radical (unpaired) electrons. The van der Waals surface area contributed by atoms with Gasteiger partial charge >= 0.3 is 0 Å². The van der Waals surface area contributed by atoms with Gasteiger partial charge in [-0.15, -0.1) is 11.6 Å². The largest absolute Gasteiger partial charge is 0.486 e. The second-order valence-electron chi connectivity index (χ2n) is 5.38. The van der Waals surface area contributed by atoms with Gasteiger partial charge in [-0.3, -0.25) is 0 Å². The lowest BCUT2D eigenvalue weighted by Gasteiger charge is -2.21. The number of hydrogen-bond donors (Lipinski definition) is 1. The minimum atomic E-state index is -3.56. The molecule has 1 aliphatic carbocycles. The van der Waals surface area contributed by atoms with Crippen molar-refractivity contribution in [1.29, 1.82) is 0 Å². The number of alkyl halides is 1. The predicted octanol–water partition coefficient (Wildman–Crippen LogP) is 2.14. The van der Waals surface area contributed by atoms with Crippen molar-refractivity contribution in [3.8, 4) is 11.5 Å². The van der Waals surface area contributed by atoms with Crippen LogP contribution in [0.1, 0.15) is 19.3 Å². The lowest BCUT2D eigenvalue weighted by Crippen LogP contribution is -2.37. The van der Waals surface area contributed by atoms with Gasteiger partial charge in [0.1, 0.15) is 13.2 Å². The van der Waals surface area contributed by atoms with Crippen LogP contribution in [0.3, 0.4) is 0 Å². The zero-order chi connectivity index (χ0) is 14.9. The monoisotopic (exact) mass is 331 g/mol. The predicted molar refractivity (Wildman–Crippen MR) is 79.6 cm³/mol. The Morgan fingerprint density at radius 3 is 2.71 bits per heavy atom. The van der Waals surface area contributed by atoms with Crippen LogP contribution in [0.25, 0.3) is 0 Å². The molecule has 1 heterocycles. The number of fused-ring (bicyclic) bond motifs is 1. The first-order valence-corrected chi connectivity index (χ1v) is 9.10. The molecule has 2 unspecified atom stereocenters. The van der Waals surface area contributed by atoms with Gasteiger partial charge in [-0.25, -0.2) is 13.1 Å². The SMILES string of the molecule is O=S(=O)(NC1CCCC1CCl)c1ccc2c(c1)OCCO2.